The number of fused-ring (bicyclic) bond motifs is 1. The van der Waals surface area contributed by atoms with E-state index in [4.69, 9.17) is 5.73 Å². The molecule has 0 bridgehead atoms. The maximum atomic E-state index is 11.4. The summed E-state index contributed by atoms with van der Waals surface area (Å²) in [6, 6.07) is 0. The average molecular weight is 179 g/mol. The van der Waals surface area contributed by atoms with Crippen molar-refractivity contribution < 1.29 is 0 Å². The van der Waals surface area contributed by atoms with Gasteiger partial charge < -0.3 is 5.73 Å². The predicted octanol–water partition coefficient (Wildman–Crippen LogP) is -0.751. The lowest BCUT2D eigenvalue weighted by Crippen LogP contribution is -2.19. The zero-order valence-electron chi connectivity index (χ0n) is 7.35. The van der Waals surface area contributed by atoms with Crippen molar-refractivity contribution in [2.24, 2.45) is 14.1 Å². The molecule has 13 heavy (non-hydrogen) atoms. The van der Waals surface area contributed by atoms with Crippen molar-refractivity contribution in [3.8, 4) is 0 Å². The molecule has 0 saturated carbocycles. The van der Waals surface area contributed by atoms with Gasteiger partial charge in [-0.05, 0) is 0 Å². The third-order valence-electron chi connectivity index (χ3n) is 2.06. The highest BCUT2D eigenvalue weighted by Crippen LogP contribution is 2.12. The average Bonchev–Trinajstić information content (AvgIpc) is 2.33. The molecule has 6 nitrogen and oxygen atoms in total. The van der Waals surface area contributed by atoms with E-state index >= 15 is 0 Å². The van der Waals surface area contributed by atoms with Gasteiger partial charge in [0.2, 0.25) is 0 Å². The summed E-state index contributed by atoms with van der Waals surface area (Å²) in [4.78, 5) is 19.2. The van der Waals surface area contributed by atoms with Crippen molar-refractivity contribution in [2.75, 3.05) is 5.73 Å². The Labute approximate surface area is 73.6 Å². The largest absolute Gasteiger partial charge is 0.382 e. The Bertz CT molecular complexity index is 523. The van der Waals surface area contributed by atoms with Gasteiger partial charge >= 0.3 is 5.69 Å². The van der Waals surface area contributed by atoms with Crippen LogP contribution in [-0.2, 0) is 14.1 Å². The van der Waals surface area contributed by atoms with E-state index in [2.05, 4.69) is 9.97 Å². The van der Waals surface area contributed by atoms with E-state index < -0.39 is 0 Å². The number of rotatable bonds is 0. The van der Waals surface area contributed by atoms with Crippen molar-refractivity contribution in [3.05, 3.63) is 16.8 Å². The number of imidazole rings is 1. The quantitative estimate of drug-likeness (QED) is 0.577. The second-order valence-electron chi connectivity index (χ2n) is 2.83. The molecule has 2 aromatic heterocycles. The number of nitrogen functional groups attached to an aromatic ring is 1. The summed E-state index contributed by atoms with van der Waals surface area (Å²) in [7, 11) is 3.29. The Morgan fingerprint density at radius 3 is 2.62 bits per heavy atom. The van der Waals surface area contributed by atoms with Crippen LogP contribution in [0.1, 0.15) is 0 Å². The zero-order chi connectivity index (χ0) is 9.59. The molecule has 0 spiro atoms. The fraction of sp³-hybridized carbons (Fsp3) is 0.286. The number of nitrogens with zero attached hydrogens (tertiary/aromatic N) is 4. The molecule has 6 heteroatoms. The minimum Gasteiger partial charge on any atom is -0.382 e. The van der Waals surface area contributed by atoms with Gasteiger partial charge in [-0.2, -0.15) is 0 Å². The molecule has 0 saturated heterocycles. The minimum atomic E-state index is -0.151. The van der Waals surface area contributed by atoms with Gasteiger partial charge in [-0.25, -0.2) is 14.8 Å². The summed E-state index contributed by atoms with van der Waals surface area (Å²) < 4.78 is 2.87. The topological polar surface area (TPSA) is 78.7 Å². The highest BCUT2D eigenvalue weighted by Gasteiger charge is 2.11. The first-order chi connectivity index (χ1) is 6.13. The van der Waals surface area contributed by atoms with E-state index in [9.17, 15) is 4.79 Å². The Morgan fingerprint density at radius 2 is 2.00 bits per heavy atom. The molecule has 0 aliphatic carbocycles. The maximum absolute atomic E-state index is 11.4. The van der Waals surface area contributed by atoms with Crippen LogP contribution in [0.5, 0.6) is 0 Å². The van der Waals surface area contributed by atoms with Crippen molar-refractivity contribution in [2.45, 2.75) is 0 Å². The van der Waals surface area contributed by atoms with Gasteiger partial charge in [-0.15, -0.1) is 0 Å². The molecule has 0 atom stereocenters. The fourth-order valence-corrected chi connectivity index (χ4v) is 1.36. The molecule has 0 aliphatic rings. The summed E-state index contributed by atoms with van der Waals surface area (Å²) in [5.74, 6) is 0.324. The summed E-state index contributed by atoms with van der Waals surface area (Å²) in [6.07, 6.45) is 1.34. The third-order valence-corrected chi connectivity index (χ3v) is 2.06. The molecular formula is C7H9N5O. The molecule has 2 aromatic rings. The van der Waals surface area contributed by atoms with E-state index in [1.54, 1.807) is 14.1 Å². The molecule has 68 valence electrons. The Morgan fingerprint density at radius 1 is 1.31 bits per heavy atom. The van der Waals surface area contributed by atoms with Crippen LogP contribution in [0, 0.1) is 0 Å². The van der Waals surface area contributed by atoms with E-state index in [0.29, 0.717) is 17.0 Å². The van der Waals surface area contributed by atoms with Crippen LogP contribution < -0.4 is 11.4 Å². The number of nitrogens with two attached hydrogens (primary N) is 1. The first-order valence-electron chi connectivity index (χ1n) is 3.75. The van der Waals surface area contributed by atoms with Gasteiger partial charge in [0.05, 0.1) is 0 Å². The summed E-state index contributed by atoms with van der Waals surface area (Å²) in [6.45, 7) is 0. The van der Waals surface area contributed by atoms with Gasteiger partial charge in [-0.1, -0.05) is 0 Å². The van der Waals surface area contributed by atoms with Crippen LogP contribution in [0.25, 0.3) is 11.2 Å². The van der Waals surface area contributed by atoms with Gasteiger partial charge in [0.15, 0.2) is 11.5 Å². The molecule has 0 unspecified atom stereocenters. The number of aromatic nitrogens is 4. The molecule has 0 radical (unpaired) electrons. The zero-order valence-corrected chi connectivity index (χ0v) is 7.35. The summed E-state index contributed by atoms with van der Waals surface area (Å²) in [5.41, 5.74) is 6.60. The smallest absolute Gasteiger partial charge is 0.329 e. The van der Waals surface area contributed by atoms with Crippen LogP contribution >= 0.6 is 0 Å². The van der Waals surface area contributed by atoms with Crippen molar-refractivity contribution >= 4 is 17.0 Å². The highest BCUT2D eigenvalue weighted by molar-refractivity contribution is 5.81. The van der Waals surface area contributed by atoms with Crippen LogP contribution in [-0.4, -0.2) is 19.1 Å². The first kappa shape index (κ1) is 7.78. The molecule has 0 fully saturated rings. The van der Waals surface area contributed by atoms with Crippen LogP contribution in [0.15, 0.2) is 11.1 Å². The number of hydrogen-bond acceptors (Lipinski definition) is 4. The second kappa shape index (κ2) is 2.32. The monoisotopic (exact) mass is 179 g/mol. The summed E-state index contributed by atoms with van der Waals surface area (Å²) >= 11 is 0. The molecule has 0 aliphatic heterocycles. The SMILES string of the molecule is Cn1c(=O)n(C)c2c(N)ncnc21. The van der Waals surface area contributed by atoms with E-state index in [1.165, 1.54) is 15.5 Å². The lowest BCUT2D eigenvalue weighted by molar-refractivity contribution is 0.791. The molecule has 0 aromatic carbocycles. The fourth-order valence-electron chi connectivity index (χ4n) is 1.36. The Hall–Kier alpha value is -1.85. The normalized spacial score (nSPS) is 10.9. The van der Waals surface area contributed by atoms with Crippen molar-refractivity contribution in [3.63, 3.8) is 0 Å². The van der Waals surface area contributed by atoms with E-state index in [1.807, 2.05) is 0 Å². The van der Waals surface area contributed by atoms with Crippen LogP contribution in [0.2, 0.25) is 0 Å². The lowest BCUT2D eigenvalue weighted by Gasteiger charge is -1.95. The third kappa shape index (κ3) is 0.851. The minimum absolute atomic E-state index is 0.151. The standard InChI is InChI=1S/C7H9N5O/c1-11-4-5(8)9-3-10-6(4)12(2)7(11)13/h3H,1-2H3,(H2,8,9,10). The van der Waals surface area contributed by atoms with Gasteiger partial charge in [0.1, 0.15) is 11.8 Å². The number of aryl methyl sites for hydroxylation is 2. The van der Waals surface area contributed by atoms with Crippen LogP contribution in [0.3, 0.4) is 0 Å². The van der Waals surface area contributed by atoms with Crippen molar-refractivity contribution in [1.82, 2.24) is 19.1 Å². The predicted molar refractivity (Wildman–Crippen MR) is 48.2 cm³/mol. The lowest BCUT2D eigenvalue weighted by atomic mass is 10.5. The number of anilines is 1. The Balaban J connectivity index is 3.12. The van der Waals surface area contributed by atoms with Gasteiger partial charge in [0, 0.05) is 14.1 Å². The van der Waals surface area contributed by atoms with E-state index in [0.717, 1.165) is 0 Å². The number of hydrogen-bond donors (Lipinski definition) is 1. The second-order valence-corrected chi connectivity index (χ2v) is 2.83. The molecule has 2 rings (SSSR count). The molecule has 0 amide bonds. The van der Waals surface area contributed by atoms with Gasteiger partial charge in [-0.3, -0.25) is 9.13 Å². The van der Waals surface area contributed by atoms with Crippen molar-refractivity contribution in [1.29, 1.82) is 0 Å². The Kier molecular flexibility index (Phi) is 1.39. The highest BCUT2D eigenvalue weighted by atomic mass is 16.1. The molecule has 2 heterocycles. The van der Waals surface area contributed by atoms with E-state index in [-0.39, 0.29) is 5.69 Å². The maximum Gasteiger partial charge on any atom is 0.329 e. The van der Waals surface area contributed by atoms with Crippen LogP contribution in [0.4, 0.5) is 5.82 Å². The van der Waals surface area contributed by atoms with Gasteiger partial charge in [0.25, 0.3) is 0 Å². The first-order valence-corrected chi connectivity index (χ1v) is 3.75. The molecule has 2 N–H and O–H groups in total. The summed E-state index contributed by atoms with van der Waals surface area (Å²) in [5, 5.41) is 0. The molecular weight excluding hydrogens is 170 g/mol.